The number of nitrogens with one attached hydrogen (secondary N) is 2. The normalized spacial score (nSPS) is 23.8. The van der Waals surface area contributed by atoms with Crippen molar-refractivity contribution in [3.8, 4) is 0 Å². The Morgan fingerprint density at radius 1 is 1.38 bits per heavy atom. The van der Waals surface area contributed by atoms with Crippen molar-refractivity contribution in [1.29, 1.82) is 0 Å². The Hall–Kier alpha value is -1.14. The van der Waals surface area contributed by atoms with Gasteiger partial charge in [0.1, 0.15) is 12.4 Å². The van der Waals surface area contributed by atoms with E-state index in [0.717, 1.165) is 32.0 Å². The Balaban J connectivity index is 2.01. The number of piperazine rings is 1. The first kappa shape index (κ1) is 8.46. The molecular formula is C7H12N4O2. The van der Waals surface area contributed by atoms with Crippen LogP contribution < -0.4 is 10.8 Å². The minimum absolute atomic E-state index is 0.367. The second-order valence-corrected chi connectivity index (χ2v) is 2.96. The molecule has 0 aromatic carbocycles. The van der Waals surface area contributed by atoms with Gasteiger partial charge in [0.25, 0.3) is 0 Å². The summed E-state index contributed by atoms with van der Waals surface area (Å²) >= 11 is 0. The molecule has 0 unspecified atom stereocenters. The number of carbonyl (C=O) groups is 1. The standard InChI is InChI=1S/C7H12N4O2/c12-7-9-6(5-13-10-7)11-3-1-8-2-4-11/h8H,1-5H2,(H,10,12). The van der Waals surface area contributed by atoms with Crippen LogP contribution in [-0.4, -0.2) is 49.6 Å². The Labute approximate surface area is 75.9 Å². The molecule has 6 heteroatoms. The molecule has 0 radical (unpaired) electrons. The first-order valence-corrected chi connectivity index (χ1v) is 4.31. The van der Waals surface area contributed by atoms with Gasteiger partial charge in [0.2, 0.25) is 0 Å². The molecular weight excluding hydrogens is 172 g/mol. The molecule has 0 aliphatic carbocycles. The van der Waals surface area contributed by atoms with Gasteiger partial charge in [0, 0.05) is 26.2 Å². The average molecular weight is 184 g/mol. The Bertz CT molecular complexity index is 235. The predicted octanol–water partition coefficient (Wildman–Crippen LogP) is -1.06. The highest BCUT2D eigenvalue weighted by Gasteiger charge is 2.19. The summed E-state index contributed by atoms with van der Waals surface area (Å²) in [6.45, 7) is 4.00. The van der Waals surface area contributed by atoms with Crippen molar-refractivity contribution in [3.63, 3.8) is 0 Å². The fourth-order valence-electron chi connectivity index (χ4n) is 1.42. The summed E-state index contributed by atoms with van der Waals surface area (Å²) < 4.78 is 0. The fourth-order valence-corrected chi connectivity index (χ4v) is 1.42. The topological polar surface area (TPSA) is 66.0 Å². The maximum absolute atomic E-state index is 10.9. The molecule has 1 fully saturated rings. The number of nitrogens with zero attached hydrogens (tertiary/aromatic N) is 2. The maximum Gasteiger partial charge on any atom is 0.366 e. The molecule has 2 aliphatic heterocycles. The van der Waals surface area contributed by atoms with E-state index in [1.54, 1.807) is 0 Å². The van der Waals surface area contributed by atoms with Crippen LogP contribution in [0, 0.1) is 0 Å². The van der Waals surface area contributed by atoms with Gasteiger partial charge in [-0.25, -0.2) is 10.3 Å². The van der Waals surface area contributed by atoms with Crippen molar-refractivity contribution in [2.75, 3.05) is 32.8 Å². The average Bonchev–Trinajstić information content (AvgIpc) is 2.19. The van der Waals surface area contributed by atoms with Gasteiger partial charge in [0.05, 0.1) is 0 Å². The van der Waals surface area contributed by atoms with Crippen molar-refractivity contribution in [3.05, 3.63) is 0 Å². The van der Waals surface area contributed by atoms with Gasteiger partial charge in [-0.1, -0.05) is 0 Å². The lowest BCUT2D eigenvalue weighted by Gasteiger charge is -2.31. The van der Waals surface area contributed by atoms with Crippen LogP contribution in [-0.2, 0) is 4.84 Å². The largest absolute Gasteiger partial charge is 0.366 e. The van der Waals surface area contributed by atoms with Crippen molar-refractivity contribution in [2.24, 2.45) is 4.99 Å². The van der Waals surface area contributed by atoms with Crippen LogP contribution in [0.3, 0.4) is 0 Å². The molecule has 13 heavy (non-hydrogen) atoms. The second kappa shape index (κ2) is 3.71. The van der Waals surface area contributed by atoms with Gasteiger partial charge in [-0.15, -0.1) is 0 Å². The smallest absolute Gasteiger partial charge is 0.355 e. The molecule has 0 aromatic rings. The van der Waals surface area contributed by atoms with Crippen LogP contribution in [0.2, 0.25) is 0 Å². The van der Waals surface area contributed by atoms with E-state index in [2.05, 4.69) is 20.7 Å². The summed E-state index contributed by atoms with van der Waals surface area (Å²) in [6.07, 6.45) is 0. The number of hydroxylamine groups is 1. The SMILES string of the molecule is O=C1N=C(N2CCNCC2)CON1. The third-order valence-electron chi connectivity index (χ3n) is 2.07. The van der Waals surface area contributed by atoms with Gasteiger partial charge in [-0.3, -0.25) is 4.84 Å². The molecule has 2 heterocycles. The molecule has 0 atom stereocenters. The quantitative estimate of drug-likeness (QED) is 0.504. The molecule has 1 saturated heterocycles. The van der Waals surface area contributed by atoms with E-state index in [9.17, 15) is 4.79 Å². The van der Waals surface area contributed by atoms with E-state index >= 15 is 0 Å². The Kier molecular flexibility index (Phi) is 2.42. The highest BCUT2D eigenvalue weighted by molar-refractivity contribution is 5.95. The predicted molar refractivity (Wildman–Crippen MR) is 46.4 cm³/mol. The third kappa shape index (κ3) is 1.96. The van der Waals surface area contributed by atoms with Crippen LogP contribution in [0.25, 0.3) is 0 Å². The number of amides is 2. The lowest BCUT2D eigenvalue weighted by Crippen LogP contribution is -2.50. The lowest BCUT2D eigenvalue weighted by atomic mass is 10.3. The van der Waals surface area contributed by atoms with Gasteiger partial charge < -0.3 is 10.2 Å². The summed E-state index contributed by atoms with van der Waals surface area (Å²) in [6, 6.07) is -0.417. The maximum atomic E-state index is 10.9. The zero-order valence-electron chi connectivity index (χ0n) is 7.25. The van der Waals surface area contributed by atoms with Crippen LogP contribution in [0.1, 0.15) is 0 Å². The molecule has 0 bridgehead atoms. The van der Waals surface area contributed by atoms with Gasteiger partial charge in [0.15, 0.2) is 0 Å². The molecule has 2 aliphatic rings. The van der Waals surface area contributed by atoms with E-state index in [1.165, 1.54) is 0 Å². The van der Waals surface area contributed by atoms with Crippen LogP contribution in [0.5, 0.6) is 0 Å². The Morgan fingerprint density at radius 3 is 2.85 bits per heavy atom. The lowest BCUT2D eigenvalue weighted by molar-refractivity contribution is 0.0787. The van der Waals surface area contributed by atoms with E-state index < -0.39 is 6.03 Å². The van der Waals surface area contributed by atoms with E-state index in [1.807, 2.05) is 0 Å². The number of urea groups is 1. The molecule has 0 spiro atoms. The minimum Gasteiger partial charge on any atom is -0.355 e. The zero-order valence-corrected chi connectivity index (χ0v) is 7.25. The summed E-state index contributed by atoms with van der Waals surface area (Å²) in [4.78, 5) is 21.6. The first-order valence-electron chi connectivity index (χ1n) is 4.31. The number of amidine groups is 1. The van der Waals surface area contributed by atoms with Gasteiger partial charge in [-0.05, 0) is 0 Å². The van der Waals surface area contributed by atoms with Crippen LogP contribution in [0.15, 0.2) is 4.99 Å². The molecule has 0 saturated carbocycles. The third-order valence-corrected chi connectivity index (χ3v) is 2.07. The van der Waals surface area contributed by atoms with E-state index in [4.69, 9.17) is 4.84 Å². The molecule has 2 amide bonds. The van der Waals surface area contributed by atoms with E-state index in [-0.39, 0.29) is 0 Å². The number of hydrogen-bond acceptors (Lipinski definition) is 4. The minimum atomic E-state index is -0.417. The van der Waals surface area contributed by atoms with Gasteiger partial charge >= 0.3 is 6.03 Å². The molecule has 72 valence electrons. The first-order chi connectivity index (χ1) is 6.36. The fraction of sp³-hybridized carbons (Fsp3) is 0.714. The van der Waals surface area contributed by atoms with Crippen LogP contribution >= 0.6 is 0 Å². The van der Waals surface area contributed by atoms with Crippen LogP contribution in [0.4, 0.5) is 4.79 Å². The van der Waals surface area contributed by atoms with Crippen molar-refractivity contribution >= 4 is 11.9 Å². The van der Waals surface area contributed by atoms with Crippen molar-refractivity contribution in [1.82, 2.24) is 15.7 Å². The molecule has 2 rings (SSSR count). The number of rotatable bonds is 0. The highest BCUT2D eigenvalue weighted by Crippen LogP contribution is 1.99. The monoisotopic (exact) mass is 184 g/mol. The number of aliphatic imine (C=N–C) groups is 1. The second-order valence-electron chi connectivity index (χ2n) is 2.96. The van der Waals surface area contributed by atoms with E-state index in [0.29, 0.717) is 6.61 Å². The molecule has 2 N–H and O–H groups in total. The van der Waals surface area contributed by atoms with Crippen molar-refractivity contribution in [2.45, 2.75) is 0 Å². The summed E-state index contributed by atoms with van der Waals surface area (Å²) in [5, 5.41) is 3.23. The van der Waals surface area contributed by atoms with Crippen molar-refractivity contribution < 1.29 is 9.63 Å². The zero-order chi connectivity index (χ0) is 9.10. The van der Waals surface area contributed by atoms with Gasteiger partial charge in [-0.2, -0.15) is 4.99 Å². The summed E-state index contributed by atoms with van der Waals surface area (Å²) in [7, 11) is 0. The Morgan fingerprint density at radius 2 is 2.15 bits per heavy atom. The molecule has 6 nitrogen and oxygen atoms in total. The highest BCUT2D eigenvalue weighted by atomic mass is 16.7. The summed E-state index contributed by atoms with van der Waals surface area (Å²) in [5.74, 6) is 0.727. The number of hydrogen-bond donors (Lipinski definition) is 2. The molecule has 0 aromatic heterocycles. The number of carbonyl (C=O) groups excluding carboxylic acids is 1. The summed E-state index contributed by atoms with van der Waals surface area (Å²) in [5.41, 5.74) is 2.18.